The Labute approximate surface area is 128 Å². The molecule has 8 heteroatoms. The van der Waals surface area contributed by atoms with Crippen LogP contribution < -0.4 is 15.2 Å². The number of anilines is 1. The first-order valence-electron chi connectivity index (χ1n) is 6.02. The monoisotopic (exact) mass is 349 g/mol. The highest BCUT2D eigenvalue weighted by molar-refractivity contribution is 9.10. The number of benzene rings is 1. The normalized spacial score (nSPS) is 10.8. The van der Waals surface area contributed by atoms with Crippen molar-refractivity contribution in [3.05, 3.63) is 29.0 Å². The molecule has 0 aliphatic rings. The van der Waals surface area contributed by atoms with E-state index in [1.54, 1.807) is 11.7 Å². The average molecular weight is 350 g/mol. The SMILES string of the molecule is COc1cc(Br)cc(-n2c(N)nc3c(OC)ncnc32)c1. The van der Waals surface area contributed by atoms with E-state index in [0.717, 1.165) is 10.2 Å². The first kappa shape index (κ1) is 13.6. The van der Waals surface area contributed by atoms with Crippen LogP contribution in [0.25, 0.3) is 16.9 Å². The molecule has 2 heterocycles. The van der Waals surface area contributed by atoms with Gasteiger partial charge in [0.05, 0.1) is 19.9 Å². The van der Waals surface area contributed by atoms with Crippen molar-refractivity contribution in [2.45, 2.75) is 0 Å². The summed E-state index contributed by atoms with van der Waals surface area (Å²) in [5.74, 6) is 1.37. The predicted octanol–water partition coefficient (Wildman–Crippen LogP) is 2.18. The lowest BCUT2D eigenvalue weighted by atomic mass is 10.3. The summed E-state index contributed by atoms with van der Waals surface area (Å²) in [6, 6.07) is 5.60. The van der Waals surface area contributed by atoms with Crippen molar-refractivity contribution >= 4 is 33.0 Å². The zero-order chi connectivity index (χ0) is 15.0. The molecule has 1 aromatic carbocycles. The molecule has 0 saturated carbocycles. The second-order valence-electron chi connectivity index (χ2n) is 4.21. The van der Waals surface area contributed by atoms with Gasteiger partial charge in [-0.05, 0) is 12.1 Å². The van der Waals surface area contributed by atoms with Crippen LogP contribution in [-0.4, -0.2) is 33.7 Å². The maximum atomic E-state index is 6.02. The summed E-state index contributed by atoms with van der Waals surface area (Å²) in [5, 5.41) is 0. The fourth-order valence-electron chi connectivity index (χ4n) is 2.09. The van der Waals surface area contributed by atoms with Crippen molar-refractivity contribution in [1.82, 2.24) is 19.5 Å². The molecule has 2 N–H and O–H groups in total. The number of hydrogen-bond donors (Lipinski definition) is 1. The molecule has 7 nitrogen and oxygen atoms in total. The van der Waals surface area contributed by atoms with Gasteiger partial charge in [0.1, 0.15) is 12.1 Å². The molecular formula is C13H12BrN5O2. The minimum atomic E-state index is 0.295. The number of nitrogens with two attached hydrogens (primary N) is 1. The molecule has 0 radical (unpaired) electrons. The van der Waals surface area contributed by atoms with Crippen LogP contribution in [0.4, 0.5) is 5.95 Å². The highest BCUT2D eigenvalue weighted by atomic mass is 79.9. The van der Waals surface area contributed by atoms with Crippen molar-refractivity contribution in [1.29, 1.82) is 0 Å². The van der Waals surface area contributed by atoms with E-state index >= 15 is 0 Å². The first-order valence-corrected chi connectivity index (χ1v) is 6.81. The third-order valence-electron chi connectivity index (χ3n) is 2.98. The second kappa shape index (κ2) is 5.21. The number of nitrogens with zero attached hydrogens (tertiary/aromatic N) is 4. The van der Waals surface area contributed by atoms with E-state index < -0.39 is 0 Å². The number of imidazole rings is 1. The molecule has 0 spiro atoms. The van der Waals surface area contributed by atoms with Crippen LogP contribution in [0.2, 0.25) is 0 Å². The molecule has 3 rings (SSSR count). The summed E-state index contributed by atoms with van der Waals surface area (Å²) in [6.07, 6.45) is 1.41. The third kappa shape index (κ3) is 2.27. The smallest absolute Gasteiger partial charge is 0.245 e. The summed E-state index contributed by atoms with van der Waals surface area (Å²) in [7, 11) is 3.13. The fraction of sp³-hybridized carbons (Fsp3) is 0.154. The Morgan fingerprint density at radius 2 is 1.95 bits per heavy atom. The van der Waals surface area contributed by atoms with Gasteiger partial charge in [0.2, 0.25) is 11.8 Å². The van der Waals surface area contributed by atoms with Crippen molar-refractivity contribution in [3.8, 4) is 17.3 Å². The second-order valence-corrected chi connectivity index (χ2v) is 5.13. The topological polar surface area (TPSA) is 88.1 Å². The molecule has 0 fully saturated rings. The van der Waals surface area contributed by atoms with Gasteiger partial charge in [0.15, 0.2) is 11.2 Å². The molecule has 0 bridgehead atoms. The van der Waals surface area contributed by atoms with Crippen LogP contribution in [0.5, 0.6) is 11.6 Å². The van der Waals surface area contributed by atoms with Crippen molar-refractivity contribution < 1.29 is 9.47 Å². The number of aromatic nitrogens is 4. The van der Waals surface area contributed by atoms with Crippen molar-refractivity contribution in [2.24, 2.45) is 0 Å². The maximum Gasteiger partial charge on any atom is 0.245 e. The van der Waals surface area contributed by atoms with E-state index in [1.165, 1.54) is 13.4 Å². The molecule has 21 heavy (non-hydrogen) atoms. The van der Waals surface area contributed by atoms with Gasteiger partial charge < -0.3 is 15.2 Å². The van der Waals surface area contributed by atoms with Gasteiger partial charge in [-0.1, -0.05) is 15.9 Å². The molecule has 0 amide bonds. The molecular weight excluding hydrogens is 338 g/mol. The maximum absolute atomic E-state index is 6.02. The van der Waals surface area contributed by atoms with Gasteiger partial charge in [-0.15, -0.1) is 0 Å². The average Bonchev–Trinajstić information content (AvgIpc) is 2.82. The number of rotatable bonds is 3. The lowest BCUT2D eigenvalue weighted by molar-refractivity contribution is 0.401. The van der Waals surface area contributed by atoms with E-state index in [1.807, 2.05) is 18.2 Å². The van der Waals surface area contributed by atoms with Crippen LogP contribution in [0.15, 0.2) is 29.0 Å². The van der Waals surface area contributed by atoms with Crippen molar-refractivity contribution in [3.63, 3.8) is 0 Å². The standard InChI is InChI=1S/C13H12BrN5O2/c1-20-9-4-7(14)3-8(5-9)19-11-10(18-13(19)15)12(21-2)17-6-16-11/h3-6H,1-2H3,(H2,15,18). The van der Waals surface area contributed by atoms with Gasteiger partial charge >= 0.3 is 0 Å². The molecule has 0 aliphatic carbocycles. The Balaban J connectivity index is 2.30. The van der Waals surface area contributed by atoms with Gasteiger partial charge in [-0.25, -0.2) is 9.97 Å². The van der Waals surface area contributed by atoms with Crippen LogP contribution in [0, 0.1) is 0 Å². The molecule has 0 atom stereocenters. The Morgan fingerprint density at radius 3 is 2.67 bits per heavy atom. The minimum Gasteiger partial charge on any atom is -0.497 e. The molecule has 108 valence electrons. The van der Waals surface area contributed by atoms with E-state index in [2.05, 4.69) is 30.9 Å². The molecule has 3 aromatic rings. The lowest BCUT2D eigenvalue weighted by Gasteiger charge is -2.09. The zero-order valence-corrected chi connectivity index (χ0v) is 13.0. The number of fused-ring (bicyclic) bond motifs is 1. The van der Waals surface area contributed by atoms with E-state index in [0.29, 0.717) is 28.7 Å². The van der Waals surface area contributed by atoms with Crippen LogP contribution in [0.3, 0.4) is 0 Å². The fourth-order valence-corrected chi connectivity index (χ4v) is 2.55. The highest BCUT2D eigenvalue weighted by Crippen LogP contribution is 2.30. The van der Waals surface area contributed by atoms with E-state index in [9.17, 15) is 0 Å². The number of halogens is 1. The summed E-state index contributed by atoms with van der Waals surface area (Å²) in [5.41, 5.74) is 7.88. The zero-order valence-electron chi connectivity index (χ0n) is 11.4. The third-order valence-corrected chi connectivity index (χ3v) is 3.44. The van der Waals surface area contributed by atoms with Gasteiger partial charge in [-0.2, -0.15) is 4.98 Å². The number of nitrogen functional groups attached to an aromatic ring is 1. The molecule has 0 aliphatic heterocycles. The number of hydrogen-bond acceptors (Lipinski definition) is 6. The quantitative estimate of drug-likeness (QED) is 0.779. The Kier molecular flexibility index (Phi) is 3.38. The largest absolute Gasteiger partial charge is 0.497 e. The lowest BCUT2D eigenvalue weighted by Crippen LogP contribution is -2.02. The molecule has 0 unspecified atom stereocenters. The summed E-state index contributed by atoms with van der Waals surface area (Å²) < 4.78 is 13.0. The predicted molar refractivity (Wildman–Crippen MR) is 81.9 cm³/mol. The molecule has 0 saturated heterocycles. The van der Waals surface area contributed by atoms with E-state index in [4.69, 9.17) is 15.2 Å². The van der Waals surface area contributed by atoms with Crippen LogP contribution in [-0.2, 0) is 0 Å². The van der Waals surface area contributed by atoms with Crippen LogP contribution >= 0.6 is 15.9 Å². The highest BCUT2D eigenvalue weighted by Gasteiger charge is 2.16. The Morgan fingerprint density at radius 1 is 1.14 bits per heavy atom. The first-order chi connectivity index (χ1) is 10.1. The van der Waals surface area contributed by atoms with Gasteiger partial charge in [0.25, 0.3) is 0 Å². The minimum absolute atomic E-state index is 0.295. The Bertz CT molecular complexity index is 818. The number of ether oxygens (including phenoxy) is 2. The van der Waals surface area contributed by atoms with E-state index in [-0.39, 0.29) is 0 Å². The number of methoxy groups -OCH3 is 2. The summed E-state index contributed by atoms with van der Waals surface area (Å²) >= 11 is 3.44. The van der Waals surface area contributed by atoms with Crippen molar-refractivity contribution in [2.75, 3.05) is 20.0 Å². The Hall–Kier alpha value is -2.35. The summed E-state index contributed by atoms with van der Waals surface area (Å²) in [4.78, 5) is 12.6. The van der Waals surface area contributed by atoms with Gasteiger partial charge in [0, 0.05) is 10.5 Å². The summed E-state index contributed by atoms with van der Waals surface area (Å²) in [6.45, 7) is 0. The van der Waals surface area contributed by atoms with Gasteiger partial charge in [-0.3, -0.25) is 4.57 Å². The van der Waals surface area contributed by atoms with Crippen LogP contribution in [0.1, 0.15) is 0 Å². The molecule has 2 aromatic heterocycles.